The maximum absolute atomic E-state index is 11.8. The molecule has 0 saturated carbocycles. The van der Waals surface area contributed by atoms with Gasteiger partial charge < -0.3 is 9.47 Å². The number of rotatable bonds is 7. The minimum absolute atomic E-state index is 0.0707. The van der Waals surface area contributed by atoms with Crippen molar-refractivity contribution in [3.8, 4) is 0 Å². The van der Waals surface area contributed by atoms with E-state index in [1.165, 1.54) is 12.1 Å². The third kappa shape index (κ3) is 4.85. The summed E-state index contributed by atoms with van der Waals surface area (Å²) in [5.74, 6) is -1.81. The molecule has 0 aliphatic carbocycles. The van der Waals surface area contributed by atoms with Gasteiger partial charge in [0.05, 0.1) is 30.4 Å². The molecule has 0 spiro atoms. The van der Waals surface area contributed by atoms with Crippen LogP contribution < -0.4 is 5.01 Å². The van der Waals surface area contributed by atoms with Gasteiger partial charge in [0, 0.05) is 5.02 Å². The molecule has 0 fully saturated rings. The molecule has 0 aliphatic rings. The number of carbonyl (C=O) groups excluding carboxylic acids is 2. The first-order chi connectivity index (χ1) is 10.5. The third-order valence-electron chi connectivity index (χ3n) is 2.40. The van der Waals surface area contributed by atoms with E-state index < -0.39 is 17.5 Å². The summed E-state index contributed by atoms with van der Waals surface area (Å²) in [7, 11) is 0. The van der Waals surface area contributed by atoms with E-state index in [2.05, 4.69) is 5.29 Å². The first-order valence-corrected chi connectivity index (χ1v) is 6.85. The minimum Gasteiger partial charge on any atom is -0.462 e. The van der Waals surface area contributed by atoms with Crippen LogP contribution in [0.3, 0.4) is 0 Å². The summed E-state index contributed by atoms with van der Waals surface area (Å²) in [6, 6.07) is 6.19. The van der Waals surface area contributed by atoms with Crippen LogP contribution >= 0.6 is 11.6 Å². The second-order valence-electron chi connectivity index (χ2n) is 3.89. The van der Waals surface area contributed by atoms with Crippen LogP contribution in [0.4, 0.5) is 5.69 Å². The number of carbonyl (C=O) groups is 2. The minimum atomic E-state index is -0.906. The Balaban J connectivity index is 3.18. The lowest BCUT2D eigenvalue weighted by Gasteiger charge is -2.13. The monoisotopic (exact) mass is 326 g/mol. The largest absolute Gasteiger partial charge is 0.462 e. The van der Waals surface area contributed by atoms with Crippen LogP contribution in [0, 0.1) is 4.91 Å². The quantitative estimate of drug-likeness (QED) is 0.191. The van der Waals surface area contributed by atoms with Crippen molar-refractivity contribution in [1.82, 2.24) is 0 Å². The Morgan fingerprint density at radius 2 is 1.82 bits per heavy atom. The van der Waals surface area contributed by atoms with Gasteiger partial charge in [-0.2, -0.15) is 0 Å². The average Bonchev–Trinajstić information content (AvgIpc) is 2.48. The number of anilines is 1. The summed E-state index contributed by atoms with van der Waals surface area (Å²) in [4.78, 5) is 34.6. The topological polar surface area (TPSA) is 85.3 Å². The number of nitrogens with zero attached hydrogens (tertiary/aromatic N) is 2. The highest BCUT2D eigenvalue weighted by atomic mass is 35.5. The smallest absolute Gasteiger partial charge is 0.347 e. The van der Waals surface area contributed by atoms with Crippen molar-refractivity contribution < 1.29 is 19.1 Å². The van der Waals surface area contributed by atoms with E-state index >= 15 is 0 Å². The molecule has 0 unspecified atom stereocenters. The lowest BCUT2D eigenvalue weighted by Crippen LogP contribution is -2.21. The van der Waals surface area contributed by atoms with Crippen LogP contribution in [0.1, 0.15) is 13.8 Å². The summed E-state index contributed by atoms with van der Waals surface area (Å²) >= 11 is 5.83. The molecule has 1 aromatic rings. The van der Waals surface area contributed by atoms with E-state index in [-0.39, 0.29) is 18.9 Å². The molecule has 0 aromatic heterocycles. The Hall–Kier alpha value is -2.41. The molecule has 22 heavy (non-hydrogen) atoms. The molecule has 0 radical (unpaired) electrons. The molecule has 7 nitrogen and oxygen atoms in total. The molecule has 0 amide bonds. The van der Waals surface area contributed by atoms with E-state index in [4.69, 9.17) is 21.1 Å². The number of hydrogen-bond donors (Lipinski definition) is 0. The molecule has 0 aliphatic heterocycles. The molecular formula is C14H15ClN2O5. The summed E-state index contributed by atoms with van der Waals surface area (Å²) in [6.07, 6.45) is 0.953. The fourth-order valence-electron chi connectivity index (χ4n) is 1.49. The number of hydrogen-bond acceptors (Lipinski definition) is 6. The molecule has 0 N–H and O–H groups in total. The fraction of sp³-hybridized carbons (Fsp3) is 0.286. The number of esters is 2. The maximum Gasteiger partial charge on any atom is 0.347 e. The van der Waals surface area contributed by atoms with Crippen molar-refractivity contribution in [2.45, 2.75) is 13.8 Å². The second kappa shape index (κ2) is 8.78. The van der Waals surface area contributed by atoms with Gasteiger partial charge in [-0.25, -0.2) is 14.6 Å². The second-order valence-corrected chi connectivity index (χ2v) is 4.33. The van der Waals surface area contributed by atoms with Gasteiger partial charge in [-0.05, 0) is 32.0 Å². The summed E-state index contributed by atoms with van der Waals surface area (Å²) in [5.41, 5.74) is -0.156. The van der Waals surface area contributed by atoms with Crippen molar-refractivity contribution in [1.29, 1.82) is 0 Å². The van der Waals surface area contributed by atoms with Crippen molar-refractivity contribution in [2.24, 2.45) is 5.29 Å². The predicted octanol–water partition coefficient (Wildman–Crippen LogP) is 2.84. The molecule has 1 aromatic carbocycles. The van der Waals surface area contributed by atoms with E-state index in [1.807, 2.05) is 0 Å². The van der Waals surface area contributed by atoms with Crippen molar-refractivity contribution in [3.05, 3.63) is 46.0 Å². The van der Waals surface area contributed by atoms with Crippen molar-refractivity contribution >= 4 is 29.2 Å². The lowest BCUT2D eigenvalue weighted by atomic mass is 10.2. The zero-order valence-corrected chi connectivity index (χ0v) is 12.9. The molecule has 8 heteroatoms. The Morgan fingerprint density at radius 3 is 2.27 bits per heavy atom. The molecule has 0 bridgehead atoms. The molecular weight excluding hydrogens is 312 g/mol. The van der Waals surface area contributed by atoms with E-state index in [1.54, 1.807) is 26.0 Å². The maximum atomic E-state index is 11.8. The average molecular weight is 327 g/mol. The first kappa shape index (κ1) is 17.6. The van der Waals surface area contributed by atoms with Gasteiger partial charge in [0.15, 0.2) is 5.57 Å². The van der Waals surface area contributed by atoms with E-state index in [0.717, 1.165) is 11.2 Å². The zero-order valence-electron chi connectivity index (χ0n) is 12.1. The van der Waals surface area contributed by atoms with Crippen LogP contribution in [0.15, 0.2) is 41.3 Å². The predicted molar refractivity (Wildman–Crippen MR) is 81.1 cm³/mol. The number of ether oxygens (including phenoxy) is 2. The molecule has 118 valence electrons. The standard InChI is InChI=1S/C14H15ClN2O5/c1-3-21-13(18)12(14(19)22-4-2)9-17(16-20)11-7-5-6-10(15)8-11/h5-9H,3-4H2,1-2H3. The Morgan fingerprint density at radius 1 is 1.23 bits per heavy atom. The Bertz CT molecular complexity index is 568. The van der Waals surface area contributed by atoms with Gasteiger partial charge in [-0.3, -0.25) is 0 Å². The Labute approximate surface area is 132 Å². The third-order valence-corrected chi connectivity index (χ3v) is 2.64. The van der Waals surface area contributed by atoms with Gasteiger partial charge in [0.1, 0.15) is 0 Å². The summed E-state index contributed by atoms with van der Waals surface area (Å²) in [5, 5.41) is 3.93. The molecule has 1 rings (SSSR count). The zero-order chi connectivity index (χ0) is 16.5. The van der Waals surface area contributed by atoms with Gasteiger partial charge in [0.2, 0.25) is 0 Å². The van der Waals surface area contributed by atoms with Gasteiger partial charge in [0.25, 0.3) is 0 Å². The van der Waals surface area contributed by atoms with Crippen molar-refractivity contribution in [2.75, 3.05) is 18.2 Å². The van der Waals surface area contributed by atoms with Crippen LogP contribution in [-0.2, 0) is 19.1 Å². The highest BCUT2D eigenvalue weighted by Crippen LogP contribution is 2.21. The van der Waals surface area contributed by atoms with Gasteiger partial charge in [-0.1, -0.05) is 17.7 Å². The Kier molecular flexibility index (Phi) is 7.04. The van der Waals surface area contributed by atoms with Gasteiger partial charge >= 0.3 is 11.9 Å². The van der Waals surface area contributed by atoms with Crippen molar-refractivity contribution in [3.63, 3.8) is 0 Å². The van der Waals surface area contributed by atoms with Crippen LogP contribution in [0.5, 0.6) is 0 Å². The van der Waals surface area contributed by atoms with Gasteiger partial charge in [-0.15, -0.1) is 4.91 Å². The summed E-state index contributed by atoms with van der Waals surface area (Å²) < 4.78 is 9.54. The number of benzene rings is 1. The SMILES string of the molecule is CCOC(=O)C(=CN(N=O)c1cccc(Cl)c1)C(=O)OCC. The highest BCUT2D eigenvalue weighted by molar-refractivity contribution is 6.30. The highest BCUT2D eigenvalue weighted by Gasteiger charge is 2.23. The number of nitroso groups, excluding NO2 is 1. The molecule has 0 saturated heterocycles. The van der Waals surface area contributed by atoms with Crippen LogP contribution in [-0.4, -0.2) is 25.2 Å². The van der Waals surface area contributed by atoms with Crippen LogP contribution in [0.2, 0.25) is 5.02 Å². The normalized spacial score (nSPS) is 9.59. The molecule has 0 atom stereocenters. The number of halogens is 1. The van der Waals surface area contributed by atoms with Crippen LogP contribution in [0.25, 0.3) is 0 Å². The first-order valence-electron chi connectivity index (χ1n) is 6.47. The molecule has 0 heterocycles. The lowest BCUT2D eigenvalue weighted by molar-refractivity contribution is -0.146. The van der Waals surface area contributed by atoms with E-state index in [0.29, 0.717) is 5.02 Å². The fourth-order valence-corrected chi connectivity index (χ4v) is 1.68. The van der Waals surface area contributed by atoms with E-state index in [9.17, 15) is 14.5 Å². The summed E-state index contributed by atoms with van der Waals surface area (Å²) in [6.45, 7) is 3.32.